The van der Waals surface area contributed by atoms with Crippen molar-refractivity contribution in [2.45, 2.75) is 59.5 Å². The number of esters is 1. The monoisotopic (exact) mass is 401 g/mol. The van der Waals surface area contributed by atoms with E-state index in [0.717, 1.165) is 42.4 Å². The molecule has 1 N–H and O–H groups in total. The summed E-state index contributed by atoms with van der Waals surface area (Å²) in [5, 5.41) is 3.49. The maximum Gasteiger partial charge on any atom is 0.341 e. The number of carbonyl (C=O) groups excluding carboxylic acids is 2. The number of fused-ring (bicyclic) bond motifs is 1. The van der Waals surface area contributed by atoms with E-state index in [-0.39, 0.29) is 11.9 Å². The number of ether oxygens (including phenoxy) is 2. The maximum atomic E-state index is 12.8. The van der Waals surface area contributed by atoms with Gasteiger partial charge in [0.15, 0.2) is 6.10 Å². The van der Waals surface area contributed by atoms with Crippen molar-refractivity contribution in [1.29, 1.82) is 0 Å². The molecule has 0 radical (unpaired) electrons. The first-order valence-electron chi connectivity index (χ1n) is 9.76. The van der Waals surface area contributed by atoms with E-state index in [9.17, 15) is 9.59 Å². The van der Waals surface area contributed by atoms with Gasteiger partial charge in [0, 0.05) is 4.88 Å². The summed E-state index contributed by atoms with van der Waals surface area (Å²) in [6.45, 7) is 7.79. The van der Waals surface area contributed by atoms with Gasteiger partial charge in [0.25, 0.3) is 5.91 Å². The predicted octanol–water partition coefficient (Wildman–Crippen LogP) is 4.83. The lowest BCUT2D eigenvalue weighted by molar-refractivity contribution is -0.122. The first kappa shape index (κ1) is 20.4. The van der Waals surface area contributed by atoms with Crippen LogP contribution in [-0.2, 0) is 22.4 Å². The Morgan fingerprint density at radius 3 is 2.50 bits per heavy atom. The highest BCUT2D eigenvalue weighted by Crippen LogP contribution is 2.38. The van der Waals surface area contributed by atoms with Crippen LogP contribution in [0, 0.1) is 13.8 Å². The van der Waals surface area contributed by atoms with Crippen LogP contribution in [0.3, 0.4) is 0 Å². The standard InChI is InChI=1S/C22H27NO4S/c1-5-26-22(25)19-17-8-6-7-9-18(17)28-21(19)23-20(24)15(4)27-16-11-13(2)10-14(3)12-16/h10-12,15H,5-9H2,1-4H3,(H,23,24)/t15-/m0/s1. The van der Waals surface area contributed by atoms with E-state index in [4.69, 9.17) is 9.47 Å². The van der Waals surface area contributed by atoms with Crippen LogP contribution in [0.4, 0.5) is 5.00 Å². The minimum absolute atomic E-state index is 0.275. The number of nitrogens with one attached hydrogen (secondary N) is 1. The molecule has 0 unspecified atom stereocenters. The first-order valence-corrected chi connectivity index (χ1v) is 10.6. The molecule has 6 heteroatoms. The van der Waals surface area contributed by atoms with E-state index in [1.54, 1.807) is 13.8 Å². The number of rotatable bonds is 6. The molecule has 28 heavy (non-hydrogen) atoms. The zero-order valence-corrected chi connectivity index (χ0v) is 17.7. The lowest BCUT2D eigenvalue weighted by atomic mass is 9.95. The number of hydrogen-bond donors (Lipinski definition) is 1. The third kappa shape index (κ3) is 4.55. The highest BCUT2D eigenvalue weighted by Gasteiger charge is 2.28. The summed E-state index contributed by atoms with van der Waals surface area (Å²) in [5.74, 6) is 0.0274. The van der Waals surface area contributed by atoms with Gasteiger partial charge in [-0.1, -0.05) is 6.07 Å². The number of anilines is 1. The highest BCUT2D eigenvalue weighted by atomic mass is 32.1. The molecule has 1 aliphatic carbocycles. The van der Waals surface area contributed by atoms with E-state index in [1.807, 2.05) is 26.0 Å². The number of amides is 1. The summed E-state index contributed by atoms with van der Waals surface area (Å²) in [7, 11) is 0. The maximum absolute atomic E-state index is 12.8. The van der Waals surface area contributed by atoms with Crippen molar-refractivity contribution in [2.75, 3.05) is 11.9 Å². The van der Waals surface area contributed by atoms with Gasteiger partial charge in [0.1, 0.15) is 10.8 Å². The van der Waals surface area contributed by atoms with E-state index in [1.165, 1.54) is 16.2 Å². The van der Waals surface area contributed by atoms with Crippen LogP contribution >= 0.6 is 11.3 Å². The predicted molar refractivity (Wildman–Crippen MR) is 112 cm³/mol. The van der Waals surface area contributed by atoms with Gasteiger partial charge in [0.05, 0.1) is 12.2 Å². The molecule has 0 fully saturated rings. The first-order chi connectivity index (χ1) is 13.4. The second-order valence-corrected chi connectivity index (χ2v) is 8.31. The molecular weight excluding hydrogens is 374 g/mol. The topological polar surface area (TPSA) is 64.6 Å². The number of carbonyl (C=O) groups is 2. The lowest BCUT2D eigenvalue weighted by Gasteiger charge is -2.16. The molecule has 0 aliphatic heterocycles. The Morgan fingerprint density at radius 1 is 1.14 bits per heavy atom. The summed E-state index contributed by atoms with van der Waals surface area (Å²) in [6.07, 6.45) is 3.27. The Bertz CT molecular complexity index is 867. The zero-order chi connectivity index (χ0) is 20.3. The van der Waals surface area contributed by atoms with Gasteiger partial charge in [0.2, 0.25) is 0 Å². The zero-order valence-electron chi connectivity index (χ0n) is 16.9. The Balaban J connectivity index is 1.79. The van der Waals surface area contributed by atoms with Gasteiger partial charge < -0.3 is 14.8 Å². The Kier molecular flexibility index (Phi) is 6.39. The van der Waals surface area contributed by atoms with Gasteiger partial charge in [-0.2, -0.15) is 0 Å². The average Bonchev–Trinajstić information content (AvgIpc) is 2.98. The van der Waals surface area contributed by atoms with E-state index < -0.39 is 6.10 Å². The normalized spacial score (nSPS) is 14.1. The highest BCUT2D eigenvalue weighted by molar-refractivity contribution is 7.17. The molecule has 0 saturated heterocycles. The molecule has 1 heterocycles. The molecule has 1 aliphatic rings. The molecule has 0 bridgehead atoms. The third-order valence-corrected chi connectivity index (χ3v) is 5.97. The third-order valence-electron chi connectivity index (χ3n) is 4.76. The summed E-state index contributed by atoms with van der Waals surface area (Å²) < 4.78 is 11.1. The number of thiophene rings is 1. The molecule has 1 aromatic carbocycles. The molecule has 3 rings (SSSR count). The molecule has 2 aromatic rings. The van der Waals surface area contributed by atoms with Crippen molar-refractivity contribution in [1.82, 2.24) is 0 Å². The second-order valence-electron chi connectivity index (χ2n) is 7.21. The molecule has 0 saturated carbocycles. The second kappa shape index (κ2) is 8.78. The van der Waals surface area contributed by atoms with Crippen LogP contribution in [0.2, 0.25) is 0 Å². The van der Waals surface area contributed by atoms with Crippen LogP contribution in [0.15, 0.2) is 18.2 Å². The van der Waals surface area contributed by atoms with Crippen molar-refractivity contribution in [2.24, 2.45) is 0 Å². The van der Waals surface area contributed by atoms with Crippen molar-refractivity contribution >= 4 is 28.2 Å². The van der Waals surface area contributed by atoms with Crippen molar-refractivity contribution < 1.29 is 19.1 Å². The minimum Gasteiger partial charge on any atom is -0.481 e. The van der Waals surface area contributed by atoms with Gasteiger partial charge in [-0.3, -0.25) is 4.79 Å². The summed E-state index contributed by atoms with van der Waals surface area (Å²) in [4.78, 5) is 26.4. The van der Waals surface area contributed by atoms with Gasteiger partial charge in [-0.25, -0.2) is 4.79 Å². The minimum atomic E-state index is -0.685. The molecule has 1 amide bonds. The van der Waals surface area contributed by atoms with Gasteiger partial charge in [-0.05, 0) is 82.2 Å². The van der Waals surface area contributed by atoms with Gasteiger partial charge in [-0.15, -0.1) is 11.3 Å². The smallest absolute Gasteiger partial charge is 0.341 e. The summed E-state index contributed by atoms with van der Waals surface area (Å²) >= 11 is 1.48. The van der Waals surface area contributed by atoms with Crippen LogP contribution < -0.4 is 10.1 Å². The molecule has 1 atom stereocenters. The van der Waals surface area contributed by atoms with Crippen molar-refractivity contribution in [3.63, 3.8) is 0 Å². The van der Waals surface area contributed by atoms with E-state index in [0.29, 0.717) is 22.9 Å². The molecule has 150 valence electrons. The fourth-order valence-corrected chi connectivity index (χ4v) is 4.83. The Labute approximate surface area is 170 Å². The van der Waals surface area contributed by atoms with Crippen LogP contribution in [-0.4, -0.2) is 24.6 Å². The summed E-state index contributed by atoms with van der Waals surface area (Å²) in [5.41, 5.74) is 3.72. The van der Waals surface area contributed by atoms with Gasteiger partial charge >= 0.3 is 5.97 Å². The van der Waals surface area contributed by atoms with E-state index >= 15 is 0 Å². The van der Waals surface area contributed by atoms with Crippen LogP contribution in [0.1, 0.15) is 58.6 Å². The van der Waals surface area contributed by atoms with Crippen LogP contribution in [0.25, 0.3) is 0 Å². The Hall–Kier alpha value is -2.34. The van der Waals surface area contributed by atoms with Crippen molar-refractivity contribution in [3.8, 4) is 5.75 Å². The SMILES string of the molecule is CCOC(=O)c1c(NC(=O)[C@H](C)Oc2cc(C)cc(C)c2)sc2c1CCCC2. The molecular formula is C22H27NO4S. The Morgan fingerprint density at radius 2 is 1.82 bits per heavy atom. The molecule has 5 nitrogen and oxygen atoms in total. The lowest BCUT2D eigenvalue weighted by Crippen LogP contribution is -2.30. The number of aryl methyl sites for hydroxylation is 3. The fourth-order valence-electron chi connectivity index (χ4n) is 3.55. The quantitative estimate of drug-likeness (QED) is 0.705. The number of benzene rings is 1. The number of hydrogen-bond acceptors (Lipinski definition) is 5. The van der Waals surface area contributed by atoms with Crippen LogP contribution in [0.5, 0.6) is 5.75 Å². The fraction of sp³-hybridized carbons (Fsp3) is 0.455. The van der Waals surface area contributed by atoms with E-state index in [2.05, 4.69) is 11.4 Å². The largest absolute Gasteiger partial charge is 0.481 e. The van der Waals surface area contributed by atoms with Crippen molar-refractivity contribution in [3.05, 3.63) is 45.3 Å². The molecule has 0 spiro atoms. The summed E-state index contributed by atoms with van der Waals surface area (Å²) in [6, 6.07) is 5.87. The molecule has 1 aromatic heterocycles. The average molecular weight is 402 g/mol.